The number of carbonyl (C=O) groups is 1. The molecule has 28 heavy (non-hydrogen) atoms. The van der Waals surface area contributed by atoms with Gasteiger partial charge in [0, 0.05) is 22.4 Å². The standard InChI is InChI=1S/C22H23ClN2O3/c1-21(2)19(25-18(27)13-6-8-14(26)9-7-13)22(3,4)20(21)28-15-10-11-17(24-5)16(23)12-15/h6-12,19-20,26H,1-4H3,(H,25,27). The Hall–Kier alpha value is -2.71. The first kappa shape index (κ1) is 20.0. The van der Waals surface area contributed by atoms with E-state index in [2.05, 4.69) is 37.9 Å². The van der Waals surface area contributed by atoms with Crippen LogP contribution in [0, 0.1) is 17.4 Å². The van der Waals surface area contributed by atoms with Gasteiger partial charge in [0.15, 0.2) is 0 Å². The molecule has 2 N–H and O–H groups in total. The minimum atomic E-state index is -0.318. The van der Waals surface area contributed by atoms with Crippen molar-refractivity contribution in [1.82, 2.24) is 5.32 Å². The van der Waals surface area contributed by atoms with E-state index in [4.69, 9.17) is 22.9 Å². The SMILES string of the molecule is [C-]#[N+]c1ccc(OC2C(C)(C)C(NC(=O)c3ccc(O)cc3)C2(C)C)cc1Cl. The van der Waals surface area contributed by atoms with Crippen LogP contribution in [-0.2, 0) is 0 Å². The number of benzene rings is 2. The summed E-state index contributed by atoms with van der Waals surface area (Å²) in [6.45, 7) is 15.3. The van der Waals surface area contributed by atoms with Crippen LogP contribution < -0.4 is 10.1 Å². The molecule has 2 aromatic rings. The van der Waals surface area contributed by atoms with Crippen molar-refractivity contribution in [1.29, 1.82) is 0 Å². The molecule has 2 aromatic carbocycles. The number of ether oxygens (including phenoxy) is 1. The highest BCUT2D eigenvalue weighted by molar-refractivity contribution is 6.33. The van der Waals surface area contributed by atoms with Crippen molar-refractivity contribution in [2.24, 2.45) is 10.8 Å². The smallest absolute Gasteiger partial charge is 0.251 e. The fourth-order valence-corrected chi connectivity index (χ4v) is 4.63. The van der Waals surface area contributed by atoms with E-state index < -0.39 is 0 Å². The van der Waals surface area contributed by atoms with Crippen LogP contribution in [0.15, 0.2) is 42.5 Å². The third-order valence-electron chi connectivity index (χ3n) is 5.54. The number of aromatic hydroxyl groups is 1. The highest BCUT2D eigenvalue weighted by Crippen LogP contribution is 2.55. The van der Waals surface area contributed by atoms with Gasteiger partial charge in [0.2, 0.25) is 5.69 Å². The molecule has 0 heterocycles. The van der Waals surface area contributed by atoms with E-state index in [-0.39, 0.29) is 34.6 Å². The fraction of sp³-hybridized carbons (Fsp3) is 0.364. The Kier molecular flexibility index (Phi) is 5.03. The molecule has 1 saturated carbocycles. The highest BCUT2D eigenvalue weighted by atomic mass is 35.5. The largest absolute Gasteiger partial charge is 0.508 e. The van der Waals surface area contributed by atoms with E-state index in [0.717, 1.165) is 0 Å². The molecule has 0 atom stereocenters. The summed E-state index contributed by atoms with van der Waals surface area (Å²) in [4.78, 5) is 16.0. The van der Waals surface area contributed by atoms with Crippen molar-refractivity contribution >= 4 is 23.2 Å². The first-order chi connectivity index (χ1) is 13.1. The zero-order chi connectivity index (χ0) is 20.7. The van der Waals surface area contributed by atoms with E-state index >= 15 is 0 Å². The molecule has 0 unspecified atom stereocenters. The number of hydrogen-bond donors (Lipinski definition) is 2. The number of nitrogens with zero attached hydrogens (tertiary/aromatic N) is 1. The van der Waals surface area contributed by atoms with Gasteiger partial charge in [0.05, 0.1) is 11.6 Å². The molecule has 0 aromatic heterocycles. The number of nitrogens with one attached hydrogen (secondary N) is 1. The number of amides is 1. The lowest BCUT2D eigenvalue weighted by Gasteiger charge is -2.63. The van der Waals surface area contributed by atoms with Crippen molar-refractivity contribution in [2.45, 2.75) is 39.8 Å². The molecule has 6 heteroatoms. The Labute approximate surface area is 170 Å². The van der Waals surface area contributed by atoms with Gasteiger partial charge < -0.3 is 15.2 Å². The zero-order valence-corrected chi connectivity index (χ0v) is 17.0. The fourth-order valence-electron chi connectivity index (χ4n) is 4.41. The minimum absolute atomic E-state index is 0.107. The van der Waals surface area contributed by atoms with Crippen LogP contribution in [0.3, 0.4) is 0 Å². The monoisotopic (exact) mass is 398 g/mol. The van der Waals surface area contributed by atoms with Crippen LogP contribution in [0.5, 0.6) is 11.5 Å². The van der Waals surface area contributed by atoms with E-state index in [9.17, 15) is 9.90 Å². The Bertz CT molecular complexity index is 929. The lowest BCUT2D eigenvalue weighted by molar-refractivity contribution is -0.164. The Balaban J connectivity index is 1.76. The van der Waals surface area contributed by atoms with E-state index in [1.54, 1.807) is 30.3 Å². The Morgan fingerprint density at radius 1 is 1.14 bits per heavy atom. The molecule has 0 spiro atoms. The zero-order valence-electron chi connectivity index (χ0n) is 16.3. The van der Waals surface area contributed by atoms with Gasteiger partial charge in [-0.05, 0) is 36.4 Å². The second-order valence-corrected chi connectivity index (χ2v) is 8.73. The van der Waals surface area contributed by atoms with Crippen LogP contribution in [0.4, 0.5) is 5.69 Å². The Morgan fingerprint density at radius 3 is 2.29 bits per heavy atom. The van der Waals surface area contributed by atoms with Crippen molar-refractivity contribution < 1.29 is 14.6 Å². The average Bonchev–Trinajstić information content (AvgIpc) is 2.64. The molecule has 3 rings (SSSR count). The van der Waals surface area contributed by atoms with Crippen LogP contribution in [-0.4, -0.2) is 23.2 Å². The quantitative estimate of drug-likeness (QED) is 0.695. The molecule has 0 radical (unpaired) electrons. The molecule has 146 valence electrons. The van der Waals surface area contributed by atoms with Crippen molar-refractivity contribution in [3.8, 4) is 11.5 Å². The molecule has 0 bridgehead atoms. The molecule has 0 saturated heterocycles. The normalized spacial score (nSPS) is 21.9. The topological polar surface area (TPSA) is 62.9 Å². The summed E-state index contributed by atoms with van der Waals surface area (Å²) in [6.07, 6.45) is -0.153. The maximum atomic E-state index is 12.6. The molecule has 1 fully saturated rings. The molecular weight excluding hydrogens is 376 g/mol. The lowest BCUT2D eigenvalue weighted by atomic mass is 9.49. The summed E-state index contributed by atoms with van der Waals surface area (Å²) in [5, 5.41) is 12.9. The van der Waals surface area contributed by atoms with E-state index in [1.165, 1.54) is 12.1 Å². The van der Waals surface area contributed by atoms with Gasteiger partial charge in [-0.1, -0.05) is 45.4 Å². The maximum absolute atomic E-state index is 12.6. The lowest BCUT2D eigenvalue weighted by Crippen LogP contribution is -2.74. The second-order valence-electron chi connectivity index (χ2n) is 8.32. The summed E-state index contributed by atoms with van der Waals surface area (Å²) >= 11 is 6.12. The van der Waals surface area contributed by atoms with Crippen LogP contribution in [0.1, 0.15) is 38.1 Å². The van der Waals surface area contributed by atoms with Gasteiger partial charge in [0.25, 0.3) is 5.91 Å². The number of phenolic OH excluding ortho intramolecular Hbond substituents is 1. The van der Waals surface area contributed by atoms with Crippen LogP contribution in [0.25, 0.3) is 4.85 Å². The number of halogens is 1. The summed E-state index contributed by atoms with van der Waals surface area (Å²) in [7, 11) is 0. The van der Waals surface area contributed by atoms with Crippen molar-refractivity contribution in [3.05, 3.63) is 64.5 Å². The van der Waals surface area contributed by atoms with Gasteiger partial charge >= 0.3 is 0 Å². The summed E-state index contributed by atoms with van der Waals surface area (Å²) < 4.78 is 6.22. The minimum Gasteiger partial charge on any atom is -0.508 e. The number of rotatable bonds is 4. The summed E-state index contributed by atoms with van der Waals surface area (Å²) in [5.41, 5.74) is 0.248. The van der Waals surface area contributed by atoms with Gasteiger partial charge in [-0.3, -0.25) is 4.79 Å². The third kappa shape index (κ3) is 3.41. The van der Waals surface area contributed by atoms with Crippen molar-refractivity contribution in [3.63, 3.8) is 0 Å². The average molecular weight is 399 g/mol. The van der Waals surface area contributed by atoms with Crippen LogP contribution >= 0.6 is 11.6 Å². The van der Waals surface area contributed by atoms with Gasteiger partial charge in [-0.2, -0.15) is 0 Å². The predicted molar refractivity (Wildman–Crippen MR) is 109 cm³/mol. The molecule has 5 nitrogen and oxygen atoms in total. The molecular formula is C22H23ClN2O3. The summed E-state index contributed by atoms with van der Waals surface area (Å²) in [5.74, 6) is 0.540. The Morgan fingerprint density at radius 2 is 1.75 bits per heavy atom. The predicted octanol–water partition coefficient (Wildman–Crippen LogP) is 5.21. The number of phenols is 1. The molecule has 1 aliphatic carbocycles. The first-order valence-corrected chi connectivity index (χ1v) is 9.38. The van der Waals surface area contributed by atoms with Gasteiger partial charge in [-0.15, -0.1) is 0 Å². The van der Waals surface area contributed by atoms with Gasteiger partial charge in [-0.25, -0.2) is 4.85 Å². The molecule has 0 aliphatic heterocycles. The van der Waals surface area contributed by atoms with Gasteiger partial charge in [0.1, 0.15) is 17.6 Å². The second kappa shape index (κ2) is 7.03. The third-order valence-corrected chi connectivity index (χ3v) is 5.84. The number of hydrogen-bond acceptors (Lipinski definition) is 3. The van der Waals surface area contributed by atoms with E-state index in [1.807, 2.05) is 0 Å². The highest BCUT2D eigenvalue weighted by Gasteiger charge is 2.64. The summed E-state index contributed by atoms with van der Waals surface area (Å²) in [6, 6.07) is 11.1. The number of carbonyl (C=O) groups excluding carboxylic acids is 1. The van der Waals surface area contributed by atoms with E-state index in [0.29, 0.717) is 22.0 Å². The molecule has 1 amide bonds. The van der Waals surface area contributed by atoms with Crippen molar-refractivity contribution in [2.75, 3.05) is 0 Å². The maximum Gasteiger partial charge on any atom is 0.251 e. The molecule has 1 aliphatic rings. The van der Waals surface area contributed by atoms with Crippen LogP contribution in [0.2, 0.25) is 5.02 Å². The first-order valence-electron chi connectivity index (χ1n) is 9.01.